The zero-order valence-electron chi connectivity index (χ0n) is 6.20. The minimum Gasteiger partial charge on any atom is -0.356 e. The summed E-state index contributed by atoms with van der Waals surface area (Å²) in [6, 6.07) is 9.27. The summed E-state index contributed by atoms with van der Waals surface area (Å²) in [4.78, 5) is 0. The lowest BCUT2D eigenvalue weighted by molar-refractivity contribution is 0.432. The maximum atomic E-state index is 5.93. The Labute approximate surface area is 74.8 Å². The van der Waals surface area contributed by atoms with E-state index in [2.05, 4.69) is 5.16 Å². The first-order chi connectivity index (χ1) is 5.88. The molecule has 0 saturated heterocycles. The van der Waals surface area contributed by atoms with Crippen molar-refractivity contribution in [3.05, 3.63) is 41.6 Å². The third-order valence-corrected chi connectivity index (χ3v) is 1.91. The van der Waals surface area contributed by atoms with E-state index >= 15 is 0 Å². The summed E-state index contributed by atoms with van der Waals surface area (Å²) in [5.74, 6) is 0.695. The minimum absolute atomic E-state index is 0.675. The predicted octanol–water partition coefficient (Wildman–Crippen LogP) is 3.00. The van der Waals surface area contributed by atoms with Gasteiger partial charge < -0.3 is 4.52 Å². The summed E-state index contributed by atoms with van der Waals surface area (Å²) in [7, 11) is 0. The van der Waals surface area contributed by atoms with E-state index in [-0.39, 0.29) is 0 Å². The fourth-order valence-electron chi connectivity index (χ4n) is 1.02. The fraction of sp³-hybridized carbons (Fsp3) is 0. The molecule has 0 unspecified atom stereocenters. The third-order valence-electron chi connectivity index (χ3n) is 1.58. The van der Waals surface area contributed by atoms with Crippen LogP contribution in [0.25, 0.3) is 11.3 Å². The van der Waals surface area contributed by atoms with Gasteiger partial charge >= 0.3 is 0 Å². The highest BCUT2D eigenvalue weighted by molar-refractivity contribution is 6.33. The molecular formula is C9H6ClNO. The molecule has 12 heavy (non-hydrogen) atoms. The van der Waals surface area contributed by atoms with Gasteiger partial charge in [-0.2, -0.15) is 0 Å². The van der Waals surface area contributed by atoms with E-state index < -0.39 is 0 Å². The van der Waals surface area contributed by atoms with Crippen molar-refractivity contribution in [1.29, 1.82) is 0 Å². The molecule has 0 aliphatic rings. The summed E-state index contributed by atoms with van der Waals surface area (Å²) in [6.07, 6.45) is 1.60. The van der Waals surface area contributed by atoms with Crippen LogP contribution < -0.4 is 0 Å². The molecule has 0 fully saturated rings. The largest absolute Gasteiger partial charge is 0.356 e. The van der Waals surface area contributed by atoms with Crippen LogP contribution in [0.5, 0.6) is 0 Å². The van der Waals surface area contributed by atoms with Crippen LogP contribution in [0.4, 0.5) is 0 Å². The molecule has 2 aromatic rings. The van der Waals surface area contributed by atoms with Gasteiger partial charge in [-0.3, -0.25) is 0 Å². The Balaban J connectivity index is 2.55. The number of benzene rings is 1. The second-order valence-electron chi connectivity index (χ2n) is 2.36. The molecule has 0 aliphatic heterocycles. The smallest absolute Gasteiger partial charge is 0.168 e. The van der Waals surface area contributed by atoms with Crippen LogP contribution in [0.2, 0.25) is 5.02 Å². The second-order valence-corrected chi connectivity index (χ2v) is 2.76. The molecule has 0 radical (unpaired) electrons. The van der Waals surface area contributed by atoms with Crippen LogP contribution in [-0.2, 0) is 0 Å². The normalized spacial score (nSPS) is 10.1. The van der Waals surface area contributed by atoms with Crippen molar-refractivity contribution in [1.82, 2.24) is 5.16 Å². The molecule has 0 aliphatic carbocycles. The molecule has 60 valence electrons. The van der Waals surface area contributed by atoms with E-state index in [9.17, 15) is 0 Å². The molecule has 1 aromatic heterocycles. The molecule has 1 aromatic carbocycles. The van der Waals surface area contributed by atoms with Crippen LogP contribution in [0.3, 0.4) is 0 Å². The van der Waals surface area contributed by atoms with Crippen molar-refractivity contribution in [2.24, 2.45) is 0 Å². The lowest BCUT2D eigenvalue weighted by Gasteiger charge is -1.96. The van der Waals surface area contributed by atoms with Gasteiger partial charge in [-0.1, -0.05) is 28.9 Å². The van der Waals surface area contributed by atoms with Gasteiger partial charge in [-0.05, 0) is 12.1 Å². The summed E-state index contributed by atoms with van der Waals surface area (Å²) >= 11 is 5.93. The van der Waals surface area contributed by atoms with Crippen molar-refractivity contribution in [2.75, 3.05) is 0 Å². The van der Waals surface area contributed by atoms with E-state index in [1.165, 1.54) is 0 Å². The molecule has 0 N–H and O–H groups in total. The molecular weight excluding hydrogens is 174 g/mol. The maximum Gasteiger partial charge on any atom is 0.168 e. The Morgan fingerprint density at radius 1 is 1.17 bits per heavy atom. The van der Waals surface area contributed by atoms with Crippen molar-refractivity contribution in [3.8, 4) is 11.3 Å². The first-order valence-electron chi connectivity index (χ1n) is 3.53. The van der Waals surface area contributed by atoms with E-state index in [4.69, 9.17) is 16.1 Å². The topological polar surface area (TPSA) is 26.0 Å². The zero-order chi connectivity index (χ0) is 8.39. The molecule has 2 nitrogen and oxygen atoms in total. The van der Waals surface area contributed by atoms with E-state index in [1.807, 2.05) is 24.3 Å². The Kier molecular flexibility index (Phi) is 1.84. The van der Waals surface area contributed by atoms with Crippen LogP contribution in [-0.4, -0.2) is 5.16 Å². The summed E-state index contributed by atoms with van der Waals surface area (Å²) in [5.41, 5.74) is 0.872. The van der Waals surface area contributed by atoms with Crippen LogP contribution in [0.1, 0.15) is 0 Å². The van der Waals surface area contributed by atoms with Crippen molar-refractivity contribution in [3.63, 3.8) is 0 Å². The van der Waals surface area contributed by atoms with Gasteiger partial charge in [-0.25, -0.2) is 0 Å². The average Bonchev–Trinajstić information content (AvgIpc) is 2.57. The molecule has 0 amide bonds. The quantitative estimate of drug-likeness (QED) is 0.673. The molecule has 2 rings (SSSR count). The van der Waals surface area contributed by atoms with Gasteiger partial charge in [0.15, 0.2) is 5.76 Å². The number of rotatable bonds is 1. The van der Waals surface area contributed by atoms with E-state index in [0.29, 0.717) is 10.8 Å². The van der Waals surface area contributed by atoms with Crippen LogP contribution in [0, 0.1) is 0 Å². The highest BCUT2D eigenvalue weighted by Crippen LogP contribution is 2.26. The summed E-state index contributed by atoms with van der Waals surface area (Å²) in [6.45, 7) is 0. The number of aromatic nitrogens is 1. The Bertz CT molecular complexity index is 370. The van der Waals surface area contributed by atoms with Crippen molar-refractivity contribution >= 4 is 11.6 Å². The molecule has 0 spiro atoms. The first kappa shape index (κ1) is 7.37. The SMILES string of the molecule is Clc1ccccc1-c1ccno1. The Morgan fingerprint density at radius 2 is 2.00 bits per heavy atom. The maximum absolute atomic E-state index is 5.93. The second kappa shape index (κ2) is 2.99. The van der Waals surface area contributed by atoms with Gasteiger partial charge in [0.05, 0.1) is 11.2 Å². The number of hydrogen-bond acceptors (Lipinski definition) is 2. The van der Waals surface area contributed by atoms with E-state index in [0.717, 1.165) is 5.56 Å². The molecule has 0 atom stereocenters. The lowest BCUT2D eigenvalue weighted by Crippen LogP contribution is -1.73. The van der Waals surface area contributed by atoms with Crippen LogP contribution in [0.15, 0.2) is 41.1 Å². The molecule has 3 heteroatoms. The predicted molar refractivity (Wildman–Crippen MR) is 46.9 cm³/mol. The van der Waals surface area contributed by atoms with Gasteiger partial charge in [0.25, 0.3) is 0 Å². The Morgan fingerprint density at radius 3 is 2.67 bits per heavy atom. The number of nitrogens with zero attached hydrogens (tertiary/aromatic N) is 1. The molecule has 1 heterocycles. The zero-order valence-corrected chi connectivity index (χ0v) is 6.95. The average molecular weight is 180 g/mol. The first-order valence-corrected chi connectivity index (χ1v) is 3.91. The van der Waals surface area contributed by atoms with Crippen LogP contribution >= 0.6 is 11.6 Å². The van der Waals surface area contributed by atoms with Crippen molar-refractivity contribution in [2.45, 2.75) is 0 Å². The summed E-state index contributed by atoms with van der Waals surface area (Å²) < 4.78 is 4.97. The monoisotopic (exact) mass is 179 g/mol. The highest BCUT2D eigenvalue weighted by Gasteiger charge is 2.04. The van der Waals surface area contributed by atoms with Crippen molar-refractivity contribution < 1.29 is 4.52 Å². The van der Waals surface area contributed by atoms with Gasteiger partial charge in [-0.15, -0.1) is 0 Å². The standard InChI is InChI=1S/C9H6ClNO/c10-8-4-2-1-3-7(8)9-5-6-11-12-9/h1-6H. The Hall–Kier alpha value is -1.28. The lowest BCUT2D eigenvalue weighted by atomic mass is 10.2. The van der Waals surface area contributed by atoms with Gasteiger partial charge in [0, 0.05) is 11.6 Å². The minimum atomic E-state index is 0.675. The fourth-order valence-corrected chi connectivity index (χ4v) is 1.24. The van der Waals surface area contributed by atoms with Gasteiger partial charge in [0.2, 0.25) is 0 Å². The van der Waals surface area contributed by atoms with E-state index in [1.54, 1.807) is 12.3 Å². The number of hydrogen-bond donors (Lipinski definition) is 0. The highest BCUT2D eigenvalue weighted by atomic mass is 35.5. The summed E-state index contributed by atoms with van der Waals surface area (Å²) in [5, 5.41) is 4.28. The number of halogens is 1. The molecule has 0 bridgehead atoms. The third kappa shape index (κ3) is 1.21. The molecule has 0 saturated carbocycles. The van der Waals surface area contributed by atoms with Gasteiger partial charge in [0.1, 0.15) is 0 Å².